The zero-order valence-electron chi connectivity index (χ0n) is 11.3. The smallest absolute Gasteiger partial charge is 0.261 e. The first-order chi connectivity index (χ1) is 9.88. The van der Waals surface area contributed by atoms with Crippen molar-refractivity contribution in [1.82, 2.24) is 0 Å². The Hall–Kier alpha value is -1.79. The van der Waals surface area contributed by atoms with Crippen LogP contribution in [-0.4, -0.2) is 22.6 Å². The highest BCUT2D eigenvalue weighted by Gasteiger charge is 2.19. The molecule has 0 spiro atoms. The van der Waals surface area contributed by atoms with Gasteiger partial charge in [-0.05, 0) is 30.3 Å². The summed E-state index contributed by atoms with van der Waals surface area (Å²) in [4.78, 5) is -0.306. The van der Waals surface area contributed by atoms with Gasteiger partial charge in [-0.2, -0.15) is 0 Å². The maximum Gasteiger partial charge on any atom is 0.261 e. The van der Waals surface area contributed by atoms with E-state index >= 15 is 0 Å². The van der Waals surface area contributed by atoms with Crippen molar-refractivity contribution in [3.8, 4) is 22.6 Å². The van der Waals surface area contributed by atoms with Gasteiger partial charge < -0.3 is 9.47 Å². The molecule has 0 aliphatic carbocycles. The summed E-state index contributed by atoms with van der Waals surface area (Å²) in [5, 5.41) is 0. The predicted octanol–water partition coefficient (Wildman–Crippen LogP) is 3.44. The van der Waals surface area contributed by atoms with Gasteiger partial charge in [0.1, 0.15) is 17.3 Å². The van der Waals surface area contributed by atoms with Gasteiger partial charge in [-0.1, -0.05) is 6.07 Å². The number of benzene rings is 2. The Bertz CT molecular complexity index is 752. The quantitative estimate of drug-likeness (QED) is 0.806. The molecule has 0 fully saturated rings. The van der Waals surface area contributed by atoms with Crippen LogP contribution in [0.15, 0.2) is 41.3 Å². The van der Waals surface area contributed by atoms with Crippen LogP contribution in [0.5, 0.6) is 11.5 Å². The SMILES string of the molecule is COc1cccc(OC)c1-c1ccc(S(=O)(=O)Cl)cc1F. The summed E-state index contributed by atoms with van der Waals surface area (Å²) in [6.07, 6.45) is 0. The van der Waals surface area contributed by atoms with Gasteiger partial charge in [0.15, 0.2) is 0 Å². The van der Waals surface area contributed by atoms with Crippen molar-refractivity contribution in [2.75, 3.05) is 14.2 Å². The molecule has 7 heteroatoms. The third-order valence-electron chi connectivity index (χ3n) is 2.92. The van der Waals surface area contributed by atoms with Crippen molar-refractivity contribution in [3.05, 3.63) is 42.2 Å². The van der Waals surface area contributed by atoms with Crippen molar-refractivity contribution in [1.29, 1.82) is 0 Å². The standard InChI is InChI=1S/C14H12ClFO4S/c1-19-12-4-3-5-13(20-2)14(12)10-7-6-9(8-11(10)16)21(15,17)18/h3-8H,1-2H3. The molecule has 21 heavy (non-hydrogen) atoms. The van der Waals surface area contributed by atoms with Crippen LogP contribution in [0.25, 0.3) is 11.1 Å². The second kappa shape index (κ2) is 5.91. The van der Waals surface area contributed by atoms with E-state index in [0.717, 1.165) is 6.07 Å². The lowest BCUT2D eigenvalue weighted by Gasteiger charge is -2.14. The Morgan fingerprint density at radius 1 is 1.05 bits per heavy atom. The van der Waals surface area contributed by atoms with E-state index in [9.17, 15) is 12.8 Å². The summed E-state index contributed by atoms with van der Waals surface area (Å²) in [5.74, 6) is 0.0870. The predicted molar refractivity (Wildman–Crippen MR) is 78.0 cm³/mol. The minimum absolute atomic E-state index is 0.161. The van der Waals surface area contributed by atoms with E-state index in [1.54, 1.807) is 18.2 Å². The molecule has 2 rings (SSSR count). The van der Waals surface area contributed by atoms with Crippen molar-refractivity contribution in [3.63, 3.8) is 0 Å². The van der Waals surface area contributed by atoms with E-state index in [0.29, 0.717) is 17.1 Å². The van der Waals surface area contributed by atoms with E-state index in [2.05, 4.69) is 0 Å². The summed E-state index contributed by atoms with van der Waals surface area (Å²) in [6, 6.07) is 8.44. The van der Waals surface area contributed by atoms with E-state index in [-0.39, 0.29) is 10.5 Å². The van der Waals surface area contributed by atoms with Crippen LogP contribution < -0.4 is 9.47 Å². The van der Waals surface area contributed by atoms with Crippen LogP contribution in [0.3, 0.4) is 0 Å². The molecular weight excluding hydrogens is 319 g/mol. The Kier molecular flexibility index (Phi) is 4.39. The van der Waals surface area contributed by atoms with E-state index in [1.807, 2.05) is 0 Å². The van der Waals surface area contributed by atoms with Crippen molar-refractivity contribution in [2.45, 2.75) is 4.90 Å². The number of methoxy groups -OCH3 is 2. The third-order valence-corrected chi connectivity index (χ3v) is 4.27. The van der Waals surface area contributed by atoms with Gasteiger partial charge in [0, 0.05) is 16.2 Å². The minimum atomic E-state index is -3.99. The molecule has 2 aromatic rings. The van der Waals surface area contributed by atoms with Crippen LogP contribution in [0.1, 0.15) is 0 Å². The minimum Gasteiger partial charge on any atom is -0.496 e. The summed E-state index contributed by atoms with van der Waals surface area (Å²) < 4.78 is 47.1. The maximum atomic E-state index is 14.3. The molecule has 0 bridgehead atoms. The molecule has 0 radical (unpaired) electrons. The Morgan fingerprint density at radius 3 is 2.05 bits per heavy atom. The van der Waals surface area contributed by atoms with E-state index < -0.39 is 14.9 Å². The highest BCUT2D eigenvalue weighted by Crippen LogP contribution is 2.40. The highest BCUT2D eigenvalue weighted by atomic mass is 35.7. The molecule has 0 saturated heterocycles. The van der Waals surface area contributed by atoms with E-state index in [1.165, 1.54) is 26.4 Å². The molecule has 0 atom stereocenters. The second-order valence-electron chi connectivity index (χ2n) is 4.12. The van der Waals surface area contributed by atoms with Crippen molar-refractivity contribution >= 4 is 19.7 Å². The molecule has 4 nitrogen and oxygen atoms in total. The summed E-state index contributed by atoms with van der Waals surface area (Å²) in [6.45, 7) is 0. The average molecular weight is 331 g/mol. The molecule has 0 N–H and O–H groups in total. The number of ether oxygens (including phenoxy) is 2. The summed E-state index contributed by atoms with van der Waals surface area (Å²) >= 11 is 0. The topological polar surface area (TPSA) is 52.6 Å². The normalized spacial score (nSPS) is 11.2. The average Bonchev–Trinajstić information content (AvgIpc) is 2.45. The fraction of sp³-hybridized carbons (Fsp3) is 0.143. The molecule has 0 aromatic heterocycles. The van der Waals surface area contributed by atoms with Crippen molar-refractivity contribution < 1.29 is 22.3 Å². The number of halogens is 2. The molecule has 0 saturated carbocycles. The van der Waals surface area contributed by atoms with Gasteiger partial charge in [-0.25, -0.2) is 12.8 Å². The fourth-order valence-corrected chi connectivity index (χ4v) is 2.73. The monoisotopic (exact) mass is 330 g/mol. The fourth-order valence-electron chi connectivity index (χ4n) is 1.97. The Balaban J connectivity index is 2.68. The summed E-state index contributed by atoms with van der Waals surface area (Å²) in [7, 11) is 4.12. The zero-order valence-corrected chi connectivity index (χ0v) is 12.8. The molecule has 0 amide bonds. The molecule has 112 valence electrons. The highest BCUT2D eigenvalue weighted by molar-refractivity contribution is 8.13. The van der Waals surface area contributed by atoms with Gasteiger partial charge in [-0.15, -0.1) is 0 Å². The first-order valence-electron chi connectivity index (χ1n) is 5.84. The van der Waals surface area contributed by atoms with Gasteiger partial charge in [-0.3, -0.25) is 0 Å². The third kappa shape index (κ3) is 3.11. The van der Waals surface area contributed by atoms with Crippen LogP contribution in [0.4, 0.5) is 4.39 Å². The van der Waals surface area contributed by atoms with Crippen LogP contribution in [0.2, 0.25) is 0 Å². The Morgan fingerprint density at radius 2 is 1.62 bits per heavy atom. The maximum absolute atomic E-state index is 14.3. The van der Waals surface area contributed by atoms with Gasteiger partial charge >= 0.3 is 0 Å². The largest absolute Gasteiger partial charge is 0.496 e. The first kappa shape index (κ1) is 15.6. The lowest BCUT2D eigenvalue weighted by atomic mass is 10.0. The van der Waals surface area contributed by atoms with Gasteiger partial charge in [0.25, 0.3) is 9.05 Å². The molecule has 0 aliphatic heterocycles. The number of hydrogen-bond donors (Lipinski definition) is 0. The van der Waals surface area contributed by atoms with Gasteiger partial charge in [0.05, 0.1) is 24.7 Å². The lowest BCUT2D eigenvalue weighted by Crippen LogP contribution is -1.97. The Labute approximate surface area is 126 Å². The first-order valence-corrected chi connectivity index (χ1v) is 8.15. The molecule has 0 heterocycles. The molecule has 0 unspecified atom stereocenters. The van der Waals surface area contributed by atoms with Crippen LogP contribution >= 0.6 is 10.7 Å². The molecule has 2 aromatic carbocycles. The lowest BCUT2D eigenvalue weighted by molar-refractivity contribution is 0.397. The van der Waals surface area contributed by atoms with Crippen LogP contribution in [-0.2, 0) is 9.05 Å². The van der Waals surface area contributed by atoms with Gasteiger partial charge in [0.2, 0.25) is 0 Å². The number of hydrogen-bond acceptors (Lipinski definition) is 4. The summed E-state index contributed by atoms with van der Waals surface area (Å²) in [5.41, 5.74) is 0.562. The molecular formula is C14H12ClFO4S. The molecule has 0 aliphatic rings. The van der Waals surface area contributed by atoms with Crippen LogP contribution in [0, 0.1) is 5.82 Å². The number of rotatable bonds is 4. The zero-order chi connectivity index (χ0) is 15.6. The van der Waals surface area contributed by atoms with E-state index in [4.69, 9.17) is 20.2 Å². The van der Waals surface area contributed by atoms with Crippen molar-refractivity contribution in [2.24, 2.45) is 0 Å². The second-order valence-corrected chi connectivity index (χ2v) is 6.68.